The van der Waals surface area contributed by atoms with E-state index in [2.05, 4.69) is 24.1 Å². The molecule has 5 heteroatoms. The standard InChI is InChI=1S/C14H29N3O.ClH/c1-4-11(2)16-14(18)12(3)17-9-5-6-13(10-17)7-8-15;/h11-13H,4-10,15H2,1-3H3,(H,16,18);1H. The highest BCUT2D eigenvalue weighted by Gasteiger charge is 2.27. The van der Waals surface area contributed by atoms with Gasteiger partial charge in [-0.2, -0.15) is 0 Å². The molecule has 1 amide bonds. The summed E-state index contributed by atoms with van der Waals surface area (Å²) in [5, 5.41) is 3.07. The Bertz CT molecular complexity index is 261. The number of piperidine rings is 1. The van der Waals surface area contributed by atoms with Gasteiger partial charge < -0.3 is 11.1 Å². The number of amides is 1. The van der Waals surface area contributed by atoms with Crippen LogP contribution in [0.2, 0.25) is 0 Å². The van der Waals surface area contributed by atoms with Crippen LogP contribution in [0.1, 0.15) is 46.5 Å². The molecule has 3 unspecified atom stereocenters. The second kappa shape index (κ2) is 9.56. The molecule has 1 aliphatic heterocycles. The van der Waals surface area contributed by atoms with E-state index >= 15 is 0 Å². The maximum Gasteiger partial charge on any atom is 0.237 e. The van der Waals surface area contributed by atoms with Gasteiger partial charge in [-0.1, -0.05) is 6.92 Å². The fourth-order valence-electron chi connectivity index (χ4n) is 2.55. The number of carbonyl (C=O) groups is 1. The molecule has 1 saturated heterocycles. The van der Waals surface area contributed by atoms with Gasteiger partial charge in [0.15, 0.2) is 0 Å². The second-order valence-corrected chi connectivity index (χ2v) is 5.57. The van der Waals surface area contributed by atoms with Crippen molar-refractivity contribution in [2.24, 2.45) is 11.7 Å². The van der Waals surface area contributed by atoms with E-state index in [1.54, 1.807) is 0 Å². The van der Waals surface area contributed by atoms with Crippen molar-refractivity contribution in [3.63, 3.8) is 0 Å². The van der Waals surface area contributed by atoms with Gasteiger partial charge in [0, 0.05) is 12.6 Å². The fourth-order valence-corrected chi connectivity index (χ4v) is 2.55. The monoisotopic (exact) mass is 291 g/mol. The molecule has 1 rings (SSSR count). The molecule has 0 radical (unpaired) electrons. The third-order valence-corrected chi connectivity index (χ3v) is 4.05. The fraction of sp³-hybridized carbons (Fsp3) is 0.929. The highest BCUT2D eigenvalue weighted by Crippen LogP contribution is 2.20. The average Bonchev–Trinajstić information content (AvgIpc) is 2.38. The van der Waals surface area contributed by atoms with E-state index in [0.717, 1.165) is 32.5 Å². The number of carbonyl (C=O) groups excluding carboxylic acids is 1. The van der Waals surface area contributed by atoms with Crippen molar-refractivity contribution in [1.29, 1.82) is 0 Å². The van der Waals surface area contributed by atoms with Gasteiger partial charge in [0.05, 0.1) is 6.04 Å². The molecule has 1 aliphatic rings. The molecule has 0 aromatic rings. The largest absolute Gasteiger partial charge is 0.352 e. The van der Waals surface area contributed by atoms with Gasteiger partial charge in [-0.25, -0.2) is 0 Å². The Balaban J connectivity index is 0.00000324. The first-order valence-electron chi connectivity index (χ1n) is 7.33. The lowest BCUT2D eigenvalue weighted by Gasteiger charge is -2.36. The zero-order chi connectivity index (χ0) is 13.5. The zero-order valence-corrected chi connectivity index (χ0v) is 13.3. The highest BCUT2D eigenvalue weighted by molar-refractivity contribution is 5.85. The summed E-state index contributed by atoms with van der Waals surface area (Å²) in [6, 6.07) is 0.254. The molecule has 0 aromatic heterocycles. The summed E-state index contributed by atoms with van der Waals surface area (Å²) in [6.45, 7) is 8.97. The molecule has 4 nitrogen and oxygen atoms in total. The number of nitrogens with zero attached hydrogens (tertiary/aromatic N) is 1. The van der Waals surface area contributed by atoms with Crippen molar-refractivity contribution < 1.29 is 4.79 Å². The van der Waals surface area contributed by atoms with E-state index in [0.29, 0.717) is 5.92 Å². The van der Waals surface area contributed by atoms with Gasteiger partial charge in [-0.05, 0) is 58.5 Å². The third-order valence-electron chi connectivity index (χ3n) is 4.05. The van der Waals surface area contributed by atoms with Crippen LogP contribution in [0.3, 0.4) is 0 Å². The Morgan fingerprint density at radius 3 is 2.74 bits per heavy atom. The first kappa shape index (κ1) is 18.7. The minimum Gasteiger partial charge on any atom is -0.352 e. The first-order chi connectivity index (χ1) is 8.58. The summed E-state index contributed by atoms with van der Waals surface area (Å²) in [4.78, 5) is 14.4. The van der Waals surface area contributed by atoms with Gasteiger partial charge in [-0.15, -0.1) is 12.4 Å². The number of nitrogens with two attached hydrogens (primary N) is 1. The number of rotatable bonds is 6. The van der Waals surface area contributed by atoms with Crippen LogP contribution in [0, 0.1) is 5.92 Å². The molecule has 3 N–H and O–H groups in total. The lowest BCUT2D eigenvalue weighted by atomic mass is 9.94. The summed E-state index contributed by atoms with van der Waals surface area (Å²) in [5.41, 5.74) is 5.63. The Kier molecular flexibility index (Phi) is 9.40. The van der Waals surface area contributed by atoms with Gasteiger partial charge in [0.25, 0.3) is 0 Å². The van der Waals surface area contributed by atoms with Gasteiger partial charge in [-0.3, -0.25) is 9.69 Å². The van der Waals surface area contributed by atoms with Gasteiger partial charge >= 0.3 is 0 Å². The topological polar surface area (TPSA) is 58.4 Å². The molecular formula is C14H30ClN3O. The van der Waals surface area contributed by atoms with Crippen molar-refractivity contribution in [3.8, 4) is 0 Å². The summed E-state index contributed by atoms with van der Waals surface area (Å²) in [6.07, 6.45) is 4.50. The lowest BCUT2D eigenvalue weighted by molar-refractivity contribution is -0.127. The Labute approximate surface area is 123 Å². The van der Waals surface area contributed by atoms with Crippen molar-refractivity contribution in [1.82, 2.24) is 10.2 Å². The zero-order valence-electron chi connectivity index (χ0n) is 12.5. The number of hydrogen-bond donors (Lipinski definition) is 2. The lowest BCUT2D eigenvalue weighted by Crippen LogP contribution is -2.50. The summed E-state index contributed by atoms with van der Waals surface area (Å²) >= 11 is 0. The van der Waals surface area contributed by atoms with Crippen molar-refractivity contribution >= 4 is 18.3 Å². The molecule has 0 spiro atoms. The number of nitrogens with one attached hydrogen (secondary N) is 1. The minimum atomic E-state index is -0.0143. The molecule has 114 valence electrons. The number of hydrogen-bond acceptors (Lipinski definition) is 3. The van der Waals surface area contributed by atoms with E-state index < -0.39 is 0 Å². The predicted octanol–water partition coefficient (Wildman–Crippen LogP) is 1.77. The van der Waals surface area contributed by atoms with E-state index in [1.165, 1.54) is 12.8 Å². The van der Waals surface area contributed by atoms with E-state index in [1.807, 2.05) is 6.92 Å². The number of halogens is 1. The predicted molar refractivity (Wildman–Crippen MR) is 82.6 cm³/mol. The maximum atomic E-state index is 12.1. The molecular weight excluding hydrogens is 262 g/mol. The van der Waals surface area contributed by atoms with Crippen LogP contribution in [0.5, 0.6) is 0 Å². The Hall–Kier alpha value is -0.320. The van der Waals surface area contributed by atoms with Crippen LogP contribution in [0.4, 0.5) is 0 Å². The smallest absolute Gasteiger partial charge is 0.237 e. The quantitative estimate of drug-likeness (QED) is 0.784. The van der Waals surface area contributed by atoms with Crippen LogP contribution in [0.25, 0.3) is 0 Å². The molecule has 0 aliphatic carbocycles. The Morgan fingerprint density at radius 1 is 1.47 bits per heavy atom. The molecule has 0 saturated carbocycles. The summed E-state index contributed by atoms with van der Waals surface area (Å²) in [5.74, 6) is 0.834. The Morgan fingerprint density at radius 2 is 2.16 bits per heavy atom. The molecule has 19 heavy (non-hydrogen) atoms. The minimum absolute atomic E-state index is 0. The SMILES string of the molecule is CCC(C)NC(=O)C(C)N1CCCC(CCN)C1.Cl. The van der Waals surface area contributed by atoms with Crippen LogP contribution in [-0.4, -0.2) is 42.5 Å². The molecule has 1 fully saturated rings. The van der Waals surface area contributed by atoms with Gasteiger partial charge in [0.1, 0.15) is 0 Å². The maximum absolute atomic E-state index is 12.1. The molecule has 3 atom stereocenters. The second-order valence-electron chi connectivity index (χ2n) is 5.57. The molecule has 0 aromatic carbocycles. The summed E-state index contributed by atoms with van der Waals surface area (Å²) in [7, 11) is 0. The van der Waals surface area contributed by atoms with Crippen LogP contribution in [0.15, 0.2) is 0 Å². The van der Waals surface area contributed by atoms with Gasteiger partial charge in [0.2, 0.25) is 5.91 Å². The van der Waals surface area contributed by atoms with Crippen molar-refractivity contribution in [2.45, 2.75) is 58.5 Å². The third kappa shape index (κ3) is 6.11. The van der Waals surface area contributed by atoms with Crippen LogP contribution >= 0.6 is 12.4 Å². The molecule has 0 bridgehead atoms. The first-order valence-corrected chi connectivity index (χ1v) is 7.33. The van der Waals surface area contributed by atoms with E-state index in [4.69, 9.17) is 5.73 Å². The average molecular weight is 292 g/mol. The number of likely N-dealkylation sites (tertiary alicyclic amines) is 1. The van der Waals surface area contributed by atoms with Crippen molar-refractivity contribution in [2.75, 3.05) is 19.6 Å². The summed E-state index contributed by atoms with van der Waals surface area (Å²) < 4.78 is 0. The normalized spacial score (nSPS) is 23.3. The van der Waals surface area contributed by atoms with Crippen LogP contribution < -0.4 is 11.1 Å². The van der Waals surface area contributed by atoms with E-state index in [-0.39, 0.29) is 30.4 Å². The van der Waals surface area contributed by atoms with E-state index in [9.17, 15) is 4.79 Å². The van der Waals surface area contributed by atoms with Crippen molar-refractivity contribution in [3.05, 3.63) is 0 Å². The highest BCUT2D eigenvalue weighted by atomic mass is 35.5. The van der Waals surface area contributed by atoms with Crippen LogP contribution in [-0.2, 0) is 4.79 Å². The molecule has 1 heterocycles.